The van der Waals surface area contributed by atoms with Crippen molar-refractivity contribution in [3.63, 3.8) is 0 Å². The number of unbranched alkanes of at least 4 members (excludes halogenated alkanes) is 4. The molecule has 5 rings (SSSR count). The van der Waals surface area contributed by atoms with Crippen molar-refractivity contribution in [2.24, 2.45) is 0 Å². The zero-order chi connectivity index (χ0) is 29.5. The van der Waals surface area contributed by atoms with Gasteiger partial charge in [-0.25, -0.2) is 0 Å². The molecule has 0 aromatic heterocycles. The van der Waals surface area contributed by atoms with Gasteiger partial charge in [-0.1, -0.05) is 49.6 Å². The fraction of sp³-hybridized carbons (Fsp3) is 0.206. The Bertz CT molecular complexity index is 1760. The molecule has 3 aromatic rings. The number of anilines is 3. The summed E-state index contributed by atoms with van der Waals surface area (Å²) in [7, 11) is 0. The lowest BCUT2D eigenvalue weighted by Crippen LogP contribution is -2.25. The fourth-order valence-electron chi connectivity index (χ4n) is 5.16. The SMILES string of the molecule is N=c1ccc2c(-c3ccccc3C(=O)NCCCCCCCC(=O)Nc3ccccc3N)c3ccc(N)cc3oc-2c1. The largest absolute Gasteiger partial charge is 0.456 e. The number of nitrogen functional groups attached to an aromatic ring is 2. The molecule has 2 aliphatic rings. The number of nitrogens with one attached hydrogen (secondary N) is 3. The van der Waals surface area contributed by atoms with E-state index >= 15 is 0 Å². The van der Waals surface area contributed by atoms with Crippen molar-refractivity contribution in [2.45, 2.75) is 38.5 Å². The van der Waals surface area contributed by atoms with Crippen LogP contribution in [0.25, 0.3) is 33.4 Å². The van der Waals surface area contributed by atoms with Crippen LogP contribution in [0.3, 0.4) is 0 Å². The lowest BCUT2D eigenvalue weighted by molar-refractivity contribution is -0.116. The highest BCUT2D eigenvalue weighted by molar-refractivity contribution is 6.09. The summed E-state index contributed by atoms with van der Waals surface area (Å²) in [6.45, 7) is 0.561. The first-order chi connectivity index (χ1) is 20.4. The van der Waals surface area contributed by atoms with E-state index in [0.29, 0.717) is 52.3 Å². The molecule has 0 atom stereocenters. The quantitative estimate of drug-likeness (QED) is 0.0704. The molecule has 1 heterocycles. The maximum absolute atomic E-state index is 13.4. The summed E-state index contributed by atoms with van der Waals surface area (Å²) in [5.41, 5.74) is 17.4. The Morgan fingerprint density at radius 2 is 1.55 bits per heavy atom. The predicted octanol–water partition coefficient (Wildman–Crippen LogP) is 6.56. The molecule has 1 aliphatic heterocycles. The average Bonchev–Trinajstić information content (AvgIpc) is 2.98. The summed E-state index contributed by atoms with van der Waals surface area (Å²) in [6, 6.07) is 25.5. The maximum atomic E-state index is 13.4. The van der Waals surface area contributed by atoms with Gasteiger partial charge in [-0.15, -0.1) is 0 Å². The second-order valence-electron chi connectivity index (χ2n) is 10.4. The number of rotatable bonds is 11. The second-order valence-corrected chi connectivity index (χ2v) is 10.4. The van der Waals surface area contributed by atoms with Gasteiger partial charge in [0.05, 0.1) is 16.7 Å². The van der Waals surface area contributed by atoms with Crippen LogP contribution in [0, 0.1) is 5.41 Å². The molecule has 0 spiro atoms. The zero-order valence-corrected chi connectivity index (χ0v) is 23.4. The Morgan fingerprint density at radius 1 is 0.786 bits per heavy atom. The topological polar surface area (TPSA) is 147 Å². The van der Waals surface area contributed by atoms with E-state index in [4.69, 9.17) is 21.3 Å². The Balaban J connectivity index is 1.18. The molecule has 1 aliphatic carbocycles. The molecular formula is C34H35N5O3. The van der Waals surface area contributed by atoms with E-state index in [2.05, 4.69) is 10.6 Å². The number of carbonyl (C=O) groups is 2. The van der Waals surface area contributed by atoms with Crippen LogP contribution in [-0.4, -0.2) is 18.4 Å². The molecule has 0 bridgehead atoms. The molecule has 2 amide bonds. The maximum Gasteiger partial charge on any atom is 0.251 e. The first kappa shape index (κ1) is 28.4. The van der Waals surface area contributed by atoms with Crippen LogP contribution in [0.2, 0.25) is 0 Å². The second kappa shape index (κ2) is 13.0. The third kappa shape index (κ3) is 6.61. The van der Waals surface area contributed by atoms with Gasteiger partial charge in [-0.2, -0.15) is 0 Å². The minimum atomic E-state index is -0.142. The average molecular weight is 562 g/mol. The molecule has 0 radical (unpaired) electrons. The van der Waals surface area contributed by atoms with E-state index in [1.54, 1.807) is 30.3 Å². The van der Waals surface area contributed by atoms with Crippen LogP contribution >= 0.6 is 0 Å². The van der Waals surface area contributed by atoms with Gasteiger partial charge in [-0.3, -0.25) is 9.59 Å². The van der Waals surface area contributed by atoms with E-state index in [-0.39, 0.29) is 11.8 Å². The van der Waals surface area contributed by atoms with E-state index in [1.165, 1.54) is 0 Å². The molecule has 0 saturated heterocycles. The van der Waals surface area contributed by atoms with Crippen LogP contribution in [-0.2, 0) is 4.79 Å². The summed E-state index contributed by atoms with van der Waals surface area (Å²) in [4.78, 5) is 25.5. The number of fused-ring (bicyclic) bond motifs is 2. The molecule has 0 unspecified atom stereocenters. The van der Waals surface area contributed by atoms with Gasteiger partial charge >= 0.3 is 0 Å². The van der Waals surface area contributed by atoms with Gasteiger partial charge in [0.1, 0.15) is 11.3 Å². The Kier molecular flexibility index (Phi) is 8.82. The van der Waals surface area contributed by atoms with E-state index < -0.39 is 0 Å². The minimum Gasteiger partial charge on any atom is -0.456 e. The Morgan fingerprint density at radius 3 is 2.40 bits per heavy atom. The van der Waals surface area contributed by atoms with Gasteiger partial charge in [0.2, 0.25) is 5.91 Å². The predicted molar refractivity (Wildman–Crippen MR) is 168 cm³/mol. The highest BCUT2D eigenvalue weighted by Gasteiger charge is 2.21. The molecule has 7 N–H and O–H groups in total. The normalized spacial score (nSPS) is 11.0. The van der Waals surface area contributed by atoms with Gasteiger partial charge in [0.15, 0.2) is 0 Å². The number of carbonyl (C=O) groups excluding carboxylic acids is 2. The molecule has 8 heteroatoms. The highest BCUT2D eigenvalue weighted by atomic mass is 16.3. The van der Waals surface area contributed by atoms with Crippen molar-refractivity contribution in [1.29, 1.82) is 5.41 Å². The number of hydrogen-bond acceptors (Lipinski definition) is 6. The van der Waals surface area contributed by atoms with Gasteiger partial charge in [-0.05, 0) is 60.9 Å². The third-order valence-electron chi connectivity index (χ3n) is 7.29. The van der Waals surface area contributed by atoms with Crippen LogP contribution in [0.5, 0.6) is 0 Å². The fourth-order valence-corrected chi connectivity index (χ4v) is 5.16. The minimum absolute atomic E-state index is 0.0323. The Labute approximate surface area is 244 Å². The van der Waals surface area contributed by atoms with Gasteiger partial charge in [0, 0.05) is 52.9 Å². The van der Waals surface area contributed by atoms with Crippen molar-refractivity contribution in [3.05, 3.63) is 95.8 Å². The van der Waals surface area contributed by atoms with E-state index in [1.807, 2.05) is 54.6 Å². The lowest BCUT2D eigenvalue weighted by atomic mass is 9.90. The van der Waals surface area contributed by atoms with Gasteiger partial charge < -0.3 is 31.9 Å². The molecule has 42 heavy (non-hydrogen) atoms. The summed E-state index contributed by atoms with van der Waals surface area (Å²) < 4.78 is 6.11. The molecule has 3 aromatic carbocycles. The summed E-state index contributed by atoms with van der Waals surface area (Å²) in [6.07, 6.45) is 4.99. The van der Waals surface area contributed by atoms with Crippen molar-refractivity contribution >= 4 is 39.8 Å². The highest BCUT2D eigenvalue weighted by Crippen LogP contribution is 2.41. The number of nitrogens with two attached hydrogens (primary N) is 2. The Hall–Kier alpha value is -5.11. The molecule has 8 nitrogen and oxygen atoms in total. The first-order valence-corrected chi connectivity index (χ1v) is 14.2. The smallest absolute Gasteiger partial charge is 0.251 e. The molecule has 214 valence electrons. The number of amides is 2. The van der Waals surface area contributed by atoms with Crippen molar-refractivity contribution in [2.75, 3.05) is 23.3 Å². The standard InChI is InChI=1S/C34H35N5O3/c35-22-15-17-26-30(20-22)42-31-21-23(36)16-18-27(31)33(26)24-10-5-6-11-25(24)34(41)38-19-9-3-1-2-4-14-32(40)39-29-13-8-7-12-28(29)37/h5-8,10-13,15-18,20-21,35H,1-4,9,14,19,36-37H2,(H,38,41)(H,39,40). The number of hydrogen-bond donors (Lipinski definition) is 5. The lowest BCUT2D eigenvalue weighted by Gasteiger charge is -2.18. The van der Waals surface area contributed by atoms with Crippen molar-refractivity contribution in [3.8, 4) is 22.5 Å². The van der Waals surface area contributed by atoms with Crippen LogP contribution in [0.1, 0.15) is 48.9 Å². The van der Waals surface area contributed by atoms with Gasteiger partial charge in [0.25, 0.3) is 5.91 Å². The van der Waals surface area contributed by atoms with Crippen LogP contribution in [0.4, 0.5) is 17.1 Å². The van der Waals surface area contributed by atoms with Crippen LogP contribution < -0.4 is 27.5 Å². The summed E-state index contributed by atoms with van der Waals surface area (Å²) in [5.74, 6) is 0.389. The monoisotopic (exact) mass is 561 g/mol. The summed E-state index contributed by atoms with van der Waals surface area (Å²) in [5, 5.41) is 15.2. The molecular weight excluding hydrogens is 526 g/mol. The van der Waals surface area contributed by atoms with Crippen molar-refractivity contribution < 1.29 is 14.0 Å². The zero-order valence-electron chi connectivity index (χ0n) is 23.4. The van der Waals surface area contributed by atoms with Crippen LogP contribution in [0.15, 0.2) is 89.3 Å². The van der Waals surface area contributed by atoms with Crippen molar-refractivity contribution in [1.82, 2.24) is 5.32 Å². The molecule has 0 saturated carbocycles. The van der Waals surface area contributed by atoms with E-state index in [9.17, 15) is 9.59 Å². The summed E-state index contributed by atoms with van der Waals surface area (Å²) >= 11 is 0. The molecule has 0 fully saturated rings. The number of para-hydroxylation sites is 2. The number of benzene rings is 4. The third-order valence-corrected chi connectivity index (χ3v) is 7.29. The first-order valence-electron chi connectivity index (χ1n) is 14.2. The van der Waals surface area contributed by atoms with E-state index in [0.717, 1.165) is 54.2 Å².